The van der Waals surface area contributed by atoms with Gasteiger partial charge >= 0.3 is 0 Å². The highest BCUT2D eigenvalue weighted by atomic mass is 32.1. The Morgan fingerprint density at radius 2 is 1.92 bits per heavy atom. The van der Waals surface area contributed by atoms with Crippen LogP contribution in [0, 0.1) is 4.84 Å². The molecule has 0 atom stereocenters. The number of hydrogen-bond acceptors (Lipinski definition) is 3. The Morgan fingerprint density at radius 3 is 2.46 bits per heavy atom. The summed E-state index contributed by atoms with van der Waals surface area (Å²) in [5.41, 5.74) is 0. The molecular formula is C9H14N2OS. The van der Waals surface area contributed by atoms with Gasteiger partial charge in [-0.25, -0.2) is 5.10 Å². The smallest absolute Gasteiger partial charge is 0.284 e. The molecule has 0 unspecified atom stereocenters. The van der Waals surface area contributed by atoms with Crippen LogP contribution in [0.3, 0.4) is 0 Å². The van der Waals surface area contributed by atoms with E-state index < -0.39 is 0 Å². The number of nitrogens with one attached hydrogen (secondary N) is 1. The van der Waals surface area contributed by atoms with Crippen LogP contribution in [0.1, 0.15) is 50.3 Å². The van der Waals surface area contributed by atoms with Crippen LogP contribution in [-0.4, -0.2) is 10.2 Å². The average molecular weight is 198 g/mol. The van der Waals surface area contributed by atoms with Crippen molar-refractivity contribution in [3.63, 3.8) is 0 Å². The molecule has 2 rings (SSSR count). The fourth-order valence-corrected chi connectivity index (χ4v) is 2.07. The molecule has 1 aliphatic carbocycles. The maximum atomic E-state index is 5.33. The molecular weight excluding hydrogens is 184 g/mol. The molecule has 0 aliphatic heterocycles. The lowest BCUT2D eigenvalue weighted by atomic mass is 10.0. The molecule has 1 aliphatic rings. The first kappa shape index (κ1) is 8.94. The zero-order chi connectivity index (χ0) is 9.10. The van der Waals surface area contributed by atoms with E-state index in [0.29, 0.717) is 10.8 Å². The number of H-pyrrole nitrogens is 1. The summed E-state index contributed by atoms with van der Waals surface area (Å²) in [6, 6.07) is 0. The summed E-state index contributed by atoms with van der Waals surface area (Å²) in [6.07, 6.45) is 7.68. The van der Waals surface area contributed by atoms with Crippen LogP contribution >= 0.6 is 12.2 Å². The zero-order valence-electron chi connectivity index (χ0n) is 7.58. The second-order valence-corrected chi connectivity index (χ2v) is 4.01. The molecule has 4 heteroatoms. The van der Waals surface area contributed by atoms with Gasteiger partial charge in [0.25, 0.3) is 4.84 Å². The first-order valence-electron chi connectivity index (χ1n) is 4.91. The molecule has 13 heavy (non-hydrogen) atoms. The van der Waals surface area contributed by atoms with Gasteiger partial charge in [-0.3, -0.25) is 0 Å². The number of aromatic amines is 1. The highest BCUT2D eigenvalue weighted by molar-refractivity contribution is 7.71. The van der Waals surface area contributed by atoms with Crippen LogP contribution in [0.4, 0.5) is 0 Å². The largest absolute Gasteiger partial charge is 0.414 e. The van der Waals surface area contributed by atoms with Crippen LogP contribution in [0.15, 0.2) is 4.42 Å². The van der Waals surface area contributed by atoms with E-state index in [2.05, 4.69) is 10.2 Å². The lowest BCUT2D eigenvalue weighted by Crippen LogP contribution is -1.97. The third kappa shape index (κ3) is 2.18. The van der Waals surface area contributed by atoms with E-state index in [0.717, 1.165) is 5.89 Å². The topological polar surface area (TPSA) is 41.8 Å². The van der Waals surface area contributed by atoms with E-state index in [1.807, 2.05) is 0 Å². The van der Waals surface area contributed by atoms with Crippen molar-refractivity contribution in [1.29, 1.82) is 0 Å². The molecule has 72 valence electrons. The molecule has 0 bridgehead atoms. The minimum absolute atomic E-state index is 0.402. The van der Waals surface area contributed by atoms with Crippen LogP contribution in [-0.2, 0) is 0 Å². The minimum Gasteiger partial charge on any atom is -0.414 e. The fraction of sp³-hybridized carbons (Fsp3) is 0.778. The van der Waals surface area contributed by atoms with E-state index in [1.165, 1.54) is 38.5 Å². The lowest BCUT2D eigenvalue weighted by Gasteiger charge is -2.07. The molecule has 0 radical (unpaired) electrons. The molecule has 1 heterocycles. The third-order valence-corrected chi connectivity index (χ3v) is 2.83. The number of aromatic nitrogens is 2. The quantitative estimate of drug-likeness (QED) is 0.556. The van der Waals surface area contributed by atoms with E-state index in [1.54, 1.807) is 0 Å². The average Bonchev–Trinajstić information content (AvgIpc) is 2.43. The molecule has 0 saturated heterocycles. The summed E-state index contributed by atoms with van der Waals surface area (Å²) < 4.78 is 5.33. The first-order chi connectivity index (χ1) is 6.36. The van der Waals surface area contributed by atoms with Gasteiger partial charge in [0.05, 0.1) is 0 Å². The molecule has 1 N–H and O–H groups in total. The molecule has 1 aromatic rings. The van der Waals surface area contributed by atoms with Crippen LogP contribution in [0.25, 0.3) is 0 Å². The fourth-order valence-electron chi connectivity index (χ4n) is 1.94. The van der Waals surface area contributed by atoms with Crippen LogP contribution < -0.4 is 0 Å². The maximum absolute atomic E-state index is 5.33. The first-order valence-corrected chi connectivity index (χ1v) is 5.32. The predicted molar refractivity (Wildman–Crippen MR) is 52.1 cm³/mol. The molecule has 1 aromatic heterocycles. The Labute approximate surface area is 82.5 Å². The molecule has 0 amide bonds. The maximum Gasteiger partial charge on any atom is 0.284 e. The predicted octanol–water partition coefficient (Wildman–Crippen LogP) is 3.17. The Kier molecular flexibility index (Phi) is 2.78. The Hall–Kier alpha value is -0.640. The Morgan fingerprint density at radius 1 is 1.23 bits per heavy atom. The SMILES string of the molecule is S=c1[nH]nc(C2CCCCCC2)o1. The Balaban J connectivity index is 2.10. The zero-order valence-corrected chi connectivity index (χ0v) is 8.40. The summed E-state index contributed by atoms with van der Waals surface area (Å²) in [4.78, 5) is 0.402. The lowest BCUT2D eigenvalue weighted by molar-refractivity contribution is 0.412. The van der Waals surface area contributed by atoms with Gasteiger partial charge in [0.15, 0.2) is 0 Å². The molecule has 1 saturated carbocycles. The van der Waals surface area contributed by atoms with Gasteiger partial charge in [-0.15, -0.1) is 5.10 Å². The van der Waals surface area contributed by atoms with Gasteiger partial charge in [0.2, 0.25) is 5.89 Å². The molecule has 0 spiro atoms. The summed E-state index contributed by atoms with van der Waals surface area (Å²) >= 11 is 4.85. The summed E-state index contributed by atoms with van der Waals surface area (Å²) in [7, 11) is 0. The van der Waals surface area contributed by atoms with Crippen molar-refractivity contribution in [2.45, 2.75) is 44.4 Å². The molecule has 0 aromatic carbocycles. The van der Waals surface area contributed by atoms with Gasteiger partial charge < -0.3 is 4.42 Å². The van der Waals surface area contributed by atoms with E-state index in [-0.39, 0.29) is 0 Å². The summed E-state index contributed by atoms with van der Waals surface area (Å²) in [6.45, 7) is 0. The standard InChI is InChI=1S/C9H14N2OS/c13-9-11-10-8(12-9)7-5-3-1-2-4-6-7/h7H,1-6H2,(H,11,13). The van der Waals surface area contributed by atoms with Crippen molar-refractivity contribution >= 4 is 12.2 Å². The highest BCUT2D eigenvalue weighted by Gasteiger charge is 2.18. The van der Waals surface area contributed by atoms with E-state index in [4.69, 9.17) is 16.6 Å². The van der Waals surface area contributed by atoms with Gasteiger partial charge in [-0.1, -0.05) is 25.7 Å². The second-order valence-electron chi connectivity index (χ2n) is 3.64. The molecule has 3 nitrogen and oxygen atoms in total. The van der Waals surface area contributed by atoms with Gasteiger partial charge in [-0.05, 0) is 25.1 Å². The summed E-state index contributed by atoms with van der Waals surface area (Å²) in [5.74, 6) is 1.31. The van der Waals surface area contributed by atoms with Crippen molar-refractivity contribution in [3.05, 3.63) is 10.7 Å². The van der Waals surface area contributed by atoms with Gasteiger partial charge in [0, 0.05) is 5.92 Å². The third-order valence-electron chi connectivity index (χ3n) is 2.66. The van der Waals surface area contributed by atoms with E-state index >= 15 is 0 Å². The van der Waals surface area contributed by atoms with Crippen molar-refractivity contribution in [2.24, 2.45) is 0 Å². The molecule has 1 fully saturated rings. The van der Waals surface area contributed by atoms with Gasteiger partial charge in [-0.2, -0.15) is 0 Å². The second kappa shape index (κ2) is 4.05. The minimum atomic E-state index is 0.402. The normalized spacial score (nSPS) is 20.0. The Bertz CT molecular complexity index is 309. The van der Waals surface area contributed by atoms with Crippen LogP contribution in [0.2, 0.25) is 0 Å². The highest BCUT2D eigenvalue weighted by Crippen LogP contribution is 2.30. The number of nitrogens with zero attached hydrogens (tertiary/aromatic N) is 1. The number of hydrogen-bond donors (Lipinski definition) is 1. The number of rotatable bonds is 1. The van der Waals surface area contributed by atoms with Crippen molar-refractivity contribution in [1.82, 2.24) is 10.2 Å². The monoisotopic (exact) mass is 198 g/mol. The van der Waals surface area contributed by atoms with Crippen molar-refractivity contribution < 1.29 is 4.42 Å². The summed E-state index contributed by atoms with van der Waals surface area (Å²) in [5, 5.41) is 6.77. The van der Waals surface area contributed by atoms with Crippen molar-refractivity contribution in [3.8, 4) is 0 Å². The van der Waals surface area contributed by atoms with Crippen LogP contribution in [0.5, 0.6) is 0 Å². The van der Waals surface area contributed by atoms with Crippen molar-refractivity contribution in [2.75, 3.05) is 0 Å². The van der Waals surface area contributed by atoms with Gasteiger partial charge in [0.1, 0.15) is 0 Å². The van der Waals surface area contributed by atoms with E-state index in [9.17, 15) is 0 Å².